The molecule has 0 spiro atoms. The Hall–Kier alpha value is -2.80. The van der Waals surface area contributed by atoms with Crippen LogP contribution in [0.1, 0.15) is 49.9 Å². The van der Waals surface area contributed by atoms with Crippen molar-refractivity contribution in [2.75, 3.05) is 27.9 Å². The van der Waals surface area contributed by atoms with E-state index in [2.05, 4.69) is 27.1 Å². The second-order valence-electron chi connectivity index (χ2n) is 8.81. The van der Waals surface area contributed by atoms with Gasteiger partial charge in [0, 0.05) is 26.1 Å². The molecule has 0 N–H and O–H groups in total. The molecule has 0 bridgehead atoms. The molecule has 200 valence electrons. The van der Waals surface area contributed by atoms with Crippen molar-refractivity contribution in [3.8, 4) is 17.2 Å². The Morgan fingerprint density at radius 2 is 1.78 bits per heavy atom. The highest BCUT2D eigenvalue weighted by molar-refractivity contribution is 7.91. The molecule has 3 aromatic rings. The first-order valence-corrected chi connectivity index (χ1v) is 13.8. The second kappa shape index (κ2) is 11.3. The van der Waals surface area contributed by atoms with Crippen LogP contribution in [0, 0.1) is 5.92 Å². The first-order chi connectivity index (χ1) is 17.7. The molecule has 0 unspecified atom stereocenters. The van der Waals surface area contributed by atoms with Crippen molar-refractivity contribution in [1.82, 2.24) is 24.7 Å². The lowest BCUT2D eigenvalue weighted by Gasteiger charge is -2.23. The Morgan fingerprint density at radius 3 is 2.32 bits per heavy atom. The highest BCUT2D eigenvalue weighted by Crippen LogP contribution is 2.40. The molecule has 3 heterocycles. The topological polar surface area (TPSA) is 128 Å². The first kappa shape index (κ1) is 27.2. The number of rotatable bonds is 10. The van der Waals surface area contributed by atoms with Gasteiger partial charge in [0.1, 0.15) is 35.1 Å². The Kier molecular flexibility index (Phi) is 8.32. The summed E-state index contributed by atoms with van der Waals surface area (Å²) < 4.78 is 51.8. The minimum Gasteiger partial charge on any atom is -0.494 e. The number of sulfone groups is 1. The smallest absolute Gasteiger partial charge is 0.167 e. The van der Waals surface area contributed by atoms with E-state index in [1.54, 1.807) is 29.7 Å². The predicted molar refractivity (Wildman–Crippen MR) is 136 cm³/mol. The number of ether oxygens (including phenoxy) is 4. The summed E-state index contributed by atoms with van der Waals surface area (Å²) in [7, 11) is 0.616. The molecule has 37 heavy (non-hydrogen) atoms. The molecule has 1 aliphatic heterocycles. The summed E-state index contributed by atoms with van der Waals surface area (Å²) in [5, 5.41) is 8.04. The lowest BCUT2D eigenvalue weighted by Crippen LogP contribution is -2.30. The fourth-order valence-corrected chi connectivity index (χ4v) is 5.92. The first-order valence-electron chi connectivity index (χ1n) is 11.7. The van der Waals surface area contributed by atoms with Gasteiger partial charge in [0.15, 0.2) is 27.3 Å². The average Bonchev–Trinajstić information content (AvgIpc) is 3.49. The molecule has 2 aromatic heterocycles. The van der Waals surface area contributed by atoms with E-state index in [1.165, 1.54) is 33.7 Å². The summed E-state index contributed by atoms with van der Waals surface area (Å²) >= 11 is 5.90. The van der Waals surface area contributed by atoms with Gasteiger partial charge in [0.25, 0.3) is 0 Å². The van der Waals surface area contributed by atoms with Gasteiger partial charge in [-0.3, -0.25) is 4.57 Å². The second-order valence-corrected chi connectivity index (χ2v) is 11.6. The quantitative estimate of drug-likeness (QED) is 0.369. The number of nitrogens with zero attached hydrogens (tertiary/aromatic N) is 5. The molecule has 13 heteroatoms. The molecule has 0 amide bonds. The Labute approximate surface area is 221 Å². The molecule has 0 radical (unpaired) electrons. The van der Waals surface area contributed by atoms with E-state index in [-0.39, 0.29) is 23.7 Å². The van der Waals surface area contributed by atoms with Crippen molar-refractivity contribution in [1.29, 1.82) is 0 Å². The fourth-order valence-electron chi connectivity index (χ4n) is 4.41. The monoisotopic (exact) mass is 551 g/mol. The highest BCUT2D eigenvalue weighted by Gasteiger charge is 2.37. The molecule has 4 rings (SSSR count). The maximum absolute atomic E-state index is 13.7. The fraction of sp³-hybridized carbons (Fsp3) is 0.500. The number of aromatic nitrogens is 5. The summed E-state index contributed by atoms with van der Waals surface area (Å²) in [6, 6.07) is 5.31. The Balaban J connectivity index is 1.80. The zero-order chi connectivity index (χ0) is 26.7. The zero-order valence-electron chi connectivity index (χ0n) is 21.3. The number of benzene rings is 1. The predicted octanol–water partition coefficient (Wildman–Crippen LogP) is 3.52. The molecule has 0 saturated carbocycles. The highest BCUT2D eigenvalue weighted by atomic mass is 35.5. The van der Waals surface area contributed by atoms with E-state index in [0.717, 1.165) is 6.42 Å². The van der Waals surface area contributed by atoms with Crippen molar-refractivity contribution in [3.63, 3.8) is 0 Å². The Bertz CT molecular complexity index is 1310. The number of halogens is 1. The number of para-hydroxylation sites is 1. The van der Waals surface area contributed by atoms with Gasteiger partial charge in [-0.2, -0.15) is 0 Å². The molecule has 1 aliphatic rings. The van der Waals surface area contributed by atoms with E-state index in [1.807, 2.05) is 0 Å². The molecular formula is C24H30ClN5O6S. The van der Waals surface area contributed by atoms with E-state index < -0.39 is 26.9 Å². The maximum atomic E-state index is 13.7. The van der Waals surface area contributed by atoms with Crippen LogP contribution >= 0.6 is 11.6 Å². The van der Waals surface area contributed by atoms with E-state index >= 15 is 0 Å². The summed E-state index contributed by atoms with van der Waals surface area (Å²) in [5.74, 6) is 1.56. The van der Waals surface area contributed by atoms with Crippen LogP contribution < -0.4 is 9.47 Å². The SMILES string of the molecule is COc1cccc(OC)c1-n1c(CS(=O)(=O)[C@@H](C)[C@H](OC)c2ncc(Cl)cn2)nnc1[C@@H]1OCC[C@@H]1C. The van der Waals surface area contributed by atoms with E-state index in [9.17, 15) is 8.42 Å². The molecular weight excluding hydrogens is 522 g/mol. The van der Waals surface area contributed by atoms with Crippen LogP contribution in [-0.4, -0.2) is 66.3 Å². The largest absolute Gasteiger partial charge is 0.494 e. The summed E-state index contributed by atoms with van der Waals surface area (Å²) in [6.07, 6.45) is 2.35. The van der Waals surface area contributed by atoms with Crippen molar-refractivity contribution in [3.05, 3.63) is 53.1 Å². The summed E-state index contributed by atoms with van der Waals surface area (Å²) in [4.78, 5) is 8.30. The minimum absolute atomic E-state index is 0.159. The van der Waals surface area contributed by atoms with Crippen LogP contribution in [0.4, 0.5) is 0 Å². The lowest BCUT2D eigenvalue weighted by atomic mass is 10.0. The molecule has 11 nitrogen and oxygen atoms in total. The van der Waals surface area contributed by atoms with E-state index in [0.29, 0.717) is 34.6 Å². The Morgan fingerprint density at radius 1 is 1.14 bits per heavy atom. The van der Waals surface area contributed by atoms with Crippen LogP contribution in [0.15, 0.2) is 30.6 Å². The van der Waals surface area contributed by atoms with Gasteiger partial charge >= 0.3 is 0 Å². The number of hydrogen-bond acceptors (Lipinski definition) is 10. The molecule has 1 aromatic carbocycles. The summed E-state index contributed by atoms with van der Waals surface area (Å²) in [5.41, 5.74) is 0.498. The van der Waals surface area contributed by atoms with Gasteiger partial charge in [0.2, 0.25) is 0 Å². The van der Waals surface area contributed by atoms with Gasteiger partial charge in [-0.15, -0.1) is 10.2 Å². The summed E-state index contributed by atoms with van der Waals surface area (Å²) in [6.45, 7) is 4.18. The van der Waals surface area contributed by atoms with Crippen LogP contribution in [0.3, 0.4) is 0 Å². The van der Waals surface area contributed by atoms with Gasteiger partial charge in [-0.05, 0) is 31.4 Å². The van der Waals surface area contributed by atoms with Crippen LogP contribution in [0.2, 0.25) is 5.02 Å². The zero-order valence-corrected chi connectivity index (χ0v) is 22.9. The van der Waals surface area contributed by atoms with Gasteiger partial charge < -0.3 is 18.9 Å². The molecule has 1 fully saturated rings. The normalized spacial score (nSPS) is 19.5. The van der Waals surface area contributed by atoms with Crippen molar-refractivity contribution < 1.29 is 27.4 Å². The number of hydrogen-bond donors (Lipinski definition) is 0. The van der Waals surface area contributed by atoms with Crippen molar-refractivity contribution in [2.45, 2.75) is 43.5 Å². The van der Waals surface area contributed by atoms with E-state index in [4.69, 9.17) is 30.5 Å². The average molecular weight is 552 g/mol. The molecule has 1 saturated heterocycles. The molecule has 4 atom stereocenters. The van der Waals surface area contributed by atoms with Gasteiger partial charge in [-0.25, -0.2) is 18.4 Å². The van der Waals surface area contributed by atoms with Gasteiger partial charge in [0.05, 0.1) is 24.5 Å². The lowest BCUT2D eigenvalue weighted by molar-refractivity contribution is 0.0856. The third-order valence-electron chi connectivity index (χ3n) is 6.49. The van der Waals surface area contributed by atoms with Crippen LogP contribution in [-0.2, 0) is 25.1 Å². The standard InChI is InChI=1S/C24H30ClN5O6S/c1-14-9-10-36-21(14)24-29-28-19(30(24)20-17(33-3)7-6-8-18(20)34-4)13-37(31,32)15(2)22(35-5)23-26-11-16(25)12-27-23/h6-8,11-12,14-15,21-22H,9-10,13H2,1-5H3/t14-,15-,21+,22-/m0/s1. The maximum Gasteiger partial charge on any atom is 0.167 e. The van der Waals surface area contributed by atoms with Crippen molar-refractivity contribution >= 4 is 21.4 Å². The minimum atomic E-state index is -3.86. The van der Waals surface area contributed by atoms with Crippen LogP contribution in [0.25, 0.3) is 5.69 Å². The van der Waals surface area contributed by atoms with Crippen LogP contribution in [0.5, 0.6) is 11.5 Å². The third kappa shape index (κ3) is 5.42. The number of methoxy groups -OCH3 is 3. The molecule has 0 aliphatic carbocycles. The van der Waals surface area contributed by atoms with Crippen molar-refractivity contribution in [2.24, 2.45) is 5.92 Å². The third-order valence-corrected chi connectivity index (χ3v) is 8.73. The van der Waals surface area contributed by atoms with Gasteiger partial charge in [-0.1, -0.05) is 24.6 Å².